The summed E-state index contributed by atoms with van der Waals surface area (Å²) in [6.07, 6.45) is -5.01. The summed E-state index contributed by atoms with van der Waals surface area (Å²) in [6.45, 7) is 6.27. The molecule has 218 valence electrons. The Kier molecular flexibility index (Phi) is 14.3. The van der Waals surface area contributed by atoms with Gasteiger partial charge in [0.2, 0.25) is 11.8 Å². The number of aliphatic carboxylic acids is 1. The van der Waals surface area contributed by atoms with Crippen LogP contribution in [-0.2, 0) is 19.2 Å². The molecule has 0 aliphatic rings. The van der Waals surface area contributed by atoms with Crippen LogP contribution < -0.4 is 21.7 Å². The maximum Gasteiger partial charge on any atom is 0.305 e. The number of benzene rings is 1. The Morgan fingerprint density at radius 3 is 2.10 bits per heavy atom. The number of carboxylic acids is 1. The summed E-state index contributed by atoms with van der Waals surface area (Å²) in [5, 5.41) is 57.4. The summed E-state index contributed by atoms with van der Waals surface area (Å²) in [5.41, 5.74) is 6.34. The van der Waals surface area contributed by atoms with Crippen molar-refractivity contribution in [3.63, 3.8) is 0 Å². The number of nitrogens with one attached hydrogen (secondary N) is 3. The lowest BCUT2D eigenvalue weighted by atomic mass is 9.98. The van der Waals surface area contributed by atoms with Crippen LogP contribution in [0, 0.1) is 5.92 Å². The minimum Gasteiger partial charge on any atom is -0.481 e. The fourth-order valence-corrected chi connectivity index (χ4v) is 3.65. The van der Waals surface area contributed by atoms with Crippen molar-refractivity contribution >= 4 is 23.7 Å². The van der Waals surface area contributed by atoms with E-state index in [1.54, 1.807) is 37.3 Å². The first-order chi connectivity index (χ1) is 18.4. The van der Waals surface area contributed by atoms with Crippen LogP contribution in [0.4, 0.5) is 0 Å². The fraction of sp³-hybridized carbons (Fsp3) is 0.538. The van der Waals surface area contributed by atoms with Crippen molar-refractivity contribution in [2.24, 2.45) is 11.7 Å². The molecule has 1 aromatic rings. The second kappa shape index (κ2) is 16.6. The molecule has 0 aliphatic carbocycles. The SMILES string of the molecule is C=CC[C@H](NC(=O)[C@@H](N)[C@@H](C)CC)C(=O)N[C@@H](CO)[C@@H](O)[C@@H](O)[C@H](O)C(=O)N[C@@H](CC(=O)O)c1ccccc1. The predicted octanol–water partition coefficient (Wildman–Crippen LogP) is -1.69. The Labute approximate surface area is 227 Å². The molecule has 0 saturated heterocycles. The molecule has 13 heteroatoms. The van der Waals surface area contributed by atoms with E-state index in [0.717, 1.165) is 0 Å². The van der Waals surface area contributed by atoms with Gasteiger partial charge in [0.15, 0.2) is 6.10 Å². The van der Waals surface area contributed by atoms with Crippen LogP contribution in [0.15, 0.2) is 43.0 Å². The average molecular weight is 553 g/mol. The van der Waals surface area contributed by atoms with Crippen molar-refractivity contribution in [3.05, 3.63) is 48.6 Å². The van der Waals surface area contributed by atoms with Crippen LogP contribution in [0.25, 0.3) is 0 Å². The maximum atomic E-state index is 12.8. The molecule has 0 saturated carbocycles. The summed E-state index contributed by atoms with van der Waals surface area (Å²) in [6, 6.07) is 3.42. The molecule has 0 radical (unpaired) electrons. The van der Waals surface area contributed by atoms with E-state index in [4.69, 9.17) is 5.73 Å². The van der Waals surface area contributed by atoms with E-state index in [1.807, 2.05) is 6.92 Å². The van der Waals surface area contributed by atoms with Gasteiger partial charge < -0.3 is 47.2 Å². The number of carboxylic acid groups (broad SMARTS) is 1. The molecule has 39 heavy (non-hydrogen) atoms. The Morgan fingerprint density at radius 2 is 1.59 bits per heavy atom. The first-order valence-electron chi connectivity index (χ1n) is 12.6. The van der Waals surface area contributed by atoms with Crippen LogP contribution in [0.3, 0.4) is 0 Å². The van der Waals surface area contributed by atoms with Crippen LogP contribution >= 0.6 is 0 Å². The van der Waals surface area contributed by atoms with Gasteiger partial charge in [-0.25, -0.2) is 0 Å². The Morgan fingerprint density at radius 1 is 0.974 bits per heavy atom. The molecule has 13 nitrogen and oxygen atoms in total. The van der Waals surface area contributed by atoms with E-state index in [1.165, 1.54) is 6.08 Å². The second-order valence-corrected chi connectivity index (χ2v) is 9.29. The van der Waals surface area contributed by atoms with Crippen LogP contribution in [0.5, 0.6) is 0 Å². The van der Waals surface area contributed by atoms with E-state index in [0.29, 0.717) is 12.0 Å². The lowest BCUT2D eigenvalue weighted by molar-refractivity contribution is -0.145. The average Bonchev–Trinajstić information content (AvgIpc) is 2.93. The third-order valence-corrected chi connectivity index (χ3v) is 6.37. The number of amides is 3. The molecule has 0 aliphatic heterocycles. The summed E-state index contributed by atoms with van der Waals surface area (Å²) < 4.78 is 0. The molecular weight excluding hydrogens is 512 g/mol. The van der Waals surface area contributed by atoms with Gasteiger partial charge in [0.05, 0.1) is 31.2 Å². The third kappa shape index (κ3) is 10.4. The van der Waals surface area contributed by atoms with Crippen molar-refractivity contribution in [1.29, 1.82) is 0 Å². The molecular formula is C26H40N4O9. The van der Waals surface area contributed by atoms with Crippen molar-refractivity contribution in [1.82, 2.24) is 16.0 Å². The first-order valence-corrected chi connectivity index (χ1v) is 12.6. The number of carbonyl (C=O) groups excluding carboxylic acids is 3. The Hall–Kier alpha value is -3.36. The monoisotopic (exact) mass is 552 g/mol. The summed E-state index contributed by atoms with van der Waals surface area (Å²) in [4.78, 5) is 49.1. The Balaban J connectivity index is 2.92. The quantitative estimate of drug-likeness (QED) is 0.0995. The van der Waals surface area contributed by atoms with Gasteiger partial charge in [0.1, 0.15) is 18.2 Å². The van der Waals surface area contributed by atoms with Crippen molar-refractivity contribution in [3.8, 4) is 0 Å². The molecule has 10 N–H and O–H groups in total. The molecule has 0 fully saturated rings. The number of nitrogens with two attached hydrogens (primary N) is 1. The largest absolute Gasteiger partial charge is 0.481 e. The van der Waals surface area contributed by atoms with Gasteiger partial charge in [-0.3, -0.25) is 19.2 Å². The van der Waals surface area contributed by atoms with Gasteiger partial charge in [-0.15, -0.1) is 6.58 Å². The van der Waals surface area contributed by atoms with Crippen molar-refractivity contribution < 1.29 is 44.7 Å². The normalized spacial score (nSPS) is 17.3. The highest BCUT2D eigenvalue weighted by atomic mass is 16.4. The van der Waals surface area contributed by atoms with Gasteiger partial charge in [0, 0.05) is 0 Å². The number of carbonyl (C=O) groups is 4. The fourth-order valence-electron chi connectivity index (χ4n) is 3.65. The zero-order valence-electron chi connectivity index (χ0n) is 22.1. The number of aliphatic hydroxyl groups excluding tert-OH is 4. The highest BCUT2D eigenvalue weighted by Gasteiger charge is 2.37. The topological polar surface area (TPSA) is 232 Å². The Bertz CT molecular complexity index is 962. The molecule has 0 aromatic heterocycles. The lowest BCUT2D eigenvalue weighted by Gasteiger charge is -2.30. The molecule has 8 atom stereocenters. The number of aliphatic hydroxyl groups is 4. The van der Waals surface area contributed by atoms with Gasteiger partial charge in [0.25, 0.3) is 5.91 Å². The maximum absolute atomic E-state index is 12.8. The standard InChI is InChI=1S/C26H40N4O9/c1-4-9-16(28-25(38)20(27)14(3)5-2)24(37)30-18(13-31)21(34)22(35)23(36)26(39)29-17(12-19(32)33)15-10-7-6-8-11-15/h4,6-8,10-11,14,16-18,20-23,31,34-36H,1,5,9,12-13,27H2,2-3H3,(H,28,38)(H,29,39)(H,30,37)(H,32,33)/t14-,16-,17-,18-,20-,21+,22+,23-/m0/s1. The van der Waals surface area contributed by atoms with Crippen LogP contribution in [0.1, 0.15) is 44.7 Å². The second-order valence-electron chi connectivity index (χ2n) is 9.29. The number of rotatable bonds is 17. The van der Waals surface area contributed by atoms with E-state index >= 15 is 0 Å². The van der Waals surface area contributed by atoms with E-state index in [2.05, 4.69) is 22.5 Å². The molecule has 1 rings (SSSR count). The lowest BCUT2D eigenvalue weighted by Crippen LogP contribution is -2.60. The number of hydrogen-bond acceptors (Lipinski definition) is 9. The first kappa shape index (κ1) is 33.7. The van der Waals surface area contributed by atoms with Crippen LogP contribution in [0.2, 0.25) is 0 Å². The zero-order valence-corrected chi connectivity index (χ0v) is 22.1. The highest BCUT2D eigenvalue weighted by molar-refractivity contribution is 5.90. The third-order valence-electron chi connectivity index (χ3n) is 6.37. The van der Waals surface area contributed by atoms with Crippen molar-refractivity contribution in [2.45, 2.75) is 75.6 Å². The number of hydrogen-bond donors (Lipinski definition) is 9. The van der Waals surface area contributed by atoms with E-state index in [9.17, 15) is 44.7 Å². The smallest absolute Gasteiger partial charge is 0.305 e. The van der Waals surface area contributed by atoms with Gasteiger partial charge in [-0.2, -0.15) is 0 Å². The van der Waals surface area contributed by atoms with E-state index in [-0.39, 0.29) is 12.3 Å². The van der Waals surface area contributed by atoms with Crippen molar-refractivity contribution in [2.75, 3.05) is 6.61 Å². The van der Waals surface area contributed by atoms with Gasteiger partial charge in [-0.1, -0.05) is 56.7 Å². The summed E-state index contributed by atoms with van der Waals surface area (Å²) in [7, 11) is 0. The minimum atomic E-state index is -2.25. The molecule has 0 spiro atoms. The zero-order chi connectivity index (χ0) is 29.7. The van der Waals surface area contributed by atoms with Gasteiger partial charge in [-0.05, 0) is 17.9 Å². The molecule has 1 aromatic carbocycles. The minimum absolute atomic E-state index is 0.0168. The molecule has 0 heterocycles. The summed E-state index contributed by atoms with van der Waals surface area (Å²) in [5.74, 6) is -4.00. The highest BCUT2D eigenvalue weighted by Crippen LogP contribution is 2.17. The van der Waals surface area contributed by atoms with Crippen LogP contribution in [-0.4, -0.2) is 92.3 Å². The molecule has 0 unspecified atom stereocenters. The van der Waals surface area contributed by atoms with E-state index < -0.39 is 79.2 Å². The molecule has 0 bridgehead atoms. The predicted molar refractivity (Wildman–Crippen MR) is 141 cm³/mol. The summed E-state index contributed by atoms with van der Waals surface area (Å²) >= 11 is 0. The van der Waals surface area contributed by atoms with Gasteiger partial charge >= 0.3 is 5.97 Å². The molecule has 3 amide bonds.